The molecule has 0 aliphatic carbocycles. The fourth-order valence-corrected chi connectivity index (χ4v) is 5.36. The summed E-state index contributed by atoms with van der Waals surface area (Å²) >= 11 is 0. The number of fused-ring (bicyclic) bond motifs is 2. The SMILES string of the molecule is Cc1cccc(C(=O)N2C3CCC2C(Cc2cnc(C(F)(F)F)cn2)C3)c1-c1ccccn1. The number of aromatic nitrogens is 3. The van der Waals surface area contributed by atoms with Gasteiger partial charge in [-0.1, -0.05) is 18.2 Å². The fraction of sp³-hybridized carbons (Fsp3) is 0.360. The lowest BCUT2D eigenvalue weighted by Gasteiger charge is -2.26. The number of rotatable bonds is 4. The van der Waals surface area contributed by atoms with Gasteiger partial charge in [-0.05, 0) is 62.3 Å². The number of alkyl halides is 3. The third-order valence-corrected chi connectivity index (χ3v) is 6.79. The number of hydrogen-bond acceptors (Lipinski definition) is 4. The summed E-state index contributed by atoms with van der Waals surface area (Å²) in [5.74, 6) is 0.148. The van der Waals surface area contributed by atoms with Crippen LogP contribution < -0.4 is 0 Å². The predicted octanol–water partition coefficient (Wildman–Crippen LogP) is 5.10. The Morgan fingerprint density at radius 1 is 1.06 bits per heavy atom. The maximum atomic E-state index is 13.8. The van der Waals surface area contributed by atoms with Gasteiger partial charge in [-0.3, -0.25) is 14.8 Å². The Bertz CT molecular complexity index is 1160. The summed E-state index contributed by atoms with van der Waals surface area (Å²) in [6.07, 6.45) is 2.38. The zero-order valence-electron chi connectivity index (χ0n) is 18.1. The van der Waals surface area contributed by atoms with Crippen molar-refractivity contribution in [2.75, 3.05) is 0 Å². The van der Waals surface area contributed by atoms with E-state index in [2.05, 4.69) is 15.0 Å². The van der Waals surface area contributed by atoms with Gasteiger partial charge in [0.05, 0.1) is 17.6 Å². The molecule has 5 rings (SSSR count). The van der Waals surface area contributed by atoms with E-state index in [1.165, 1.54) is 6.20 Å². The second kappa shape index (κ2) is 8.24. The average molecular weight is 452 g/mol. The van der Waals surface area contributed by atoms with Crippen molar-refractivity contribution in [3.8, 4) is 11.3 Å². The molecule has 4 heterocycles. The van der Waals surface area contributed by atoms with Crippen molar-refractivity contribution in [2.24, 2.45) is 5.92 Å². The molecule has 33 heavy (non-hydrogen) atoms. The molecule has 2 bridgehead atoms. The predicted molar refractivity (Wildman–Crippen MR) is 116 cm³/mol. The van der Waals surface area contributed by atoms with Gasteiger partial charge in [0.1, 0.15) is 0 Å². The summed E-state index contributed by atoms with van der Waals surface area (Å²) in [6, 6.07) is 11.6. The third-order valence-electron chi connectivity index (χ3n) is 6.79. The van der Waals surface area contributed by atoms with E-state index in [1.54, 1.807) is 6.20 Å². The molecule has 5 nitrogen and oxygen atoms in total. The van der Waals surface area contributed by atoms with Crippen LogP contribution in [0.3, 0.4) is 0 Å². The fourth-order valence-electron chi connectivity index (χ4n) is 5.36. The Morgan fingerprint density at radius 2 is 1.91 bits per heavy atom. The highest BCUT2D eigenvalue weighted by atomic mass is 19.4. The van der Waals surface area contributed by atoms with Crippen LogP contribution in [0.15, 0.2) is 55.0 Å². The highest BCUT2D eigenvalue weighted by molar-refractivity contribution is 6.01. The lowest BCUT2D eigenvalue weighted by Crippen LogP contribution is -2.37. The van der Waals surface area contributed by atoms with Crippen molar-refractivity contribution in [2.45, 2.75) is 50.9 Å². The minimum atomic E-state index is -4.50. The summed E-state index contributed by atoms with van der Waals surface area (Å²) in [5.41, 5.74) is 2.78. The van der Waals surface area contributed by atoms with Gasteiger partial charge < -0.3 is 4.90 Å². The van der Waals surface area contributed by atoms with Crippen molar-refractivity contribution in [3.05, 3.63) is 77.5 Å². The summed E-state index contributed by atoms with van der Waals surface area (Å²) in [5, 5.41) is 0. The Kier molecular flexibility index (Phi) is 5.38. The van der Waals surface area contributed by atoms with Gasteiger partial charge in [0.15, 0.2) is 5.69 Å². The topological polar surface area (TPSA) is 59.0 Å². The first-order valence-corrected chi connectivity index (χ1v) is 11.0. The van der Waals surface area contributed by atoms with Gasteiger partial charge >= 0.3 is 6.18 Å². The van der Waals surface area contributed by atoms with Crippen molar-refractivity contribution < 1.29 is 18.0 Å². The standard InChI is InChI=1S/C25H23F3N4O/c1-15-5-4-6-19(23(15)20-7-2-3-10-29-20)24(33)32-18-8-9-21(32)16(12-18)11-17-13-31-22(14-30-17)25(26,27)28/h2-7,10,13-14,16,18,21H,8-9,11-12H2,1H3. The molecule has 0 N–H and O–H groups in total. The van der Waals surface area contributed by atoms with Crippen LogP contribution >= 0.6 is 0 Å². The zero-order chi connectivity index (χ0) is 23.2. The highest BCUT2D eigenvalue weighted by Crippen LogP contribution is 2.44. The van der Waals surface area contributed by atoms with E-state index in [-0.39, 0.29) is 23.9 Å². The molecule has 2 aromatic heterocycles. The minimum Gasteiger partial charge on any atom is -0.332 e. The maximum Gasteiger partial charge on any atom is 0.434 e. The smallest absolute Gasteiger partial charge is 0.332 e. The number of benzene rings is 1. The molecule has 0 saturated carbocycles. The van der Waals surface area contributed by atoms with Crippen LogP contribution in [0.1, 0.15) is 46.6 Å². The van der Waals surface area contributed by atoms with E-state index in [1.807, 2.05) is 48.2 Å². The number of pyridine rings is 1. The summed E-state index contributed by atoms with van der Waals surface area (Å²) in [4.78, 5) is 27.7. The Labute approximate surface area is 189 Å². The number of nitrogens with zero attached hydrogens (tertiary/aromatic N) is 4. The molecule has 2 aliphatic heterocycles. The quantitative estimate of drug-likeness (QED) is 0.553. The van der Waals surface area contributed by atoms with Gasteiger partial charge in [0, 0.05) is 35.6 Å². The van der Waals surface area contributed by atoms with Crippen LogP contribution in [0.5, 0.6) is 0 Å². The first kappa shape index (κ1) is 21.6. The van der Waals surface area contributed by atoms with Crippen molar-refractivity contribution >= 4 is 5.91 Å². The molecule has 3 aromatic rings. The van der Waals surface area contributed by atoms with E-state index >= 15 is 0 Å². The normalized spacial score (nSPS) is 22.1. The average Bonchev–Trinajstić information content (AvgIpc) is 3.36. The maximum absolute atomic E-state index is 13.8. The van der Waals surface area contributed by atoms with Gasteiger partial charge in [-0.15, -0.1) is 0 Å². The number of aryl methyl sites for hydroxylation is 1. The zero-order valence-corrected chi connectivity index (χ0v) is 18.1. The first-order valence-electron chi connectivity index (χ1n) is 11.0. The summed E-state index contributed by atoms with van der Waals surface area (Å²) in [7, 11) is 0. The number of hydrogen-bond donors (Lipinski definition) is 0. The largest absolute Gasteiger partial charge is 0.434 e. The summed E-state index contributed by atoms with van der Waals surface area (Å²) < 4.78 is 38.3. The minimum absolute atomic E-state index is 0.00661. The Morgan fingerprint density at radius 3 is 2.61 bits per heavy atom. The molecule has 1 aromatic carbocycles. The lowest BCUT2D eigenvalue weighted by molar-refractivity contribution is -0.141. The van der Waals surface area contributed by atoms with Crippen LogP contribution in [0, 0.1) is 12.8 Å². The Balaban J connectivity index is 1.39. The molecule has 0 spiro atoms. The molecule has 3 atom stereocenters. The summed E-state index contributed by atoms with van der Waals surface area (Å²) in [6.45, 7) is 1.98. The lowest BCUT2D eigenvalue weighted by atomic mass is 9.86. The van der Waals surface area contributed by atoms with E-state index in [9.17, 15) is 18.0 Å². The van der Waals surface area contributed by atoms with Crippen molar-refractivity contribution in [1.29, 1.82) is 0 Å². The van der Waals surface area contributed by atoms with Crippen LogP contribution in [0.2, 0.25) is 0 Å². The van der Waals surface area contributed by atoms with Crippen LogP contribution in [-0.4, -0.2) is 37.8 Å². The van der Waals surface area contributed by atoms with Gasteiger partial charge in [-0.25, -0.2) is 4.98 Å². The first-order chi connectivity index (χ1) is 15.8. The van der Waals surface area contributed by atoms with Crippen molar-refractivity contribution in [3.63, 3.8) is 0 Å². The molecular formula is C25H23F3N4O. The molecule has 170 valence electrons. The molecule has 2 saturated heterocycles. The number of halogens is 3. The Hall–Kier alpha value is -3.29. The molecule has 2 fully saturated rings. The monoisotopic (exact) mass is 452 g/mol. The molecule has 3 unspecified atom stereocenters. The molecular weight excluding hydrogens is 429 g/mol. The van der Waals surface area contributed by atoms with Gasteiger partial charge in [0.2, 0.25) is 0 Å². The number of carbonyl (C=O) groups excluding carboxylic acids is 1. The second-order valence-electron chi connectivity index (χ2n) is 8.81. The molecule has 0 radical (unpaired) electrons. The number of amides is 1. The van der Waals surface area contributed by atoms with E-state index < -0.39 is 11.9 Å². The third kappa shape index (κ3) is 3.98. The van der Waals surface area contributed by atoms with Gasteiger partial charge in [0.25, 0.3) is 5.91 Å². The molecule has 1 amide bonds. The van der Waals surface area contributed by atoms with E-state index in [0.29, 0.717) is 17.7 Å². The number of carbonyl (C=O) groups is 1. The highest BCUT2D eigenvalue weighted by Gasteiger charge is 2.49. The van der Waals surface area contributed by atoms with Crippen molar-refractivity contribution in [1.82, 2.24) is 19.9 Å². The van der Waals surface area contributed by atoms with E-state index in [4.69, 9.17) is 0 Å². The van der Waals surface area contributed by atoms with Gasteiger partial charge in [-0.2, -0.15) is 13.2 Å². The van der Waals surface area contributed by atoms with Crippen LogP contribution in [0.4, 0.5) is 13.2 Å². The molecule has 8 heteroatoms. The molecule has 2 aliphatic rings. The second-order valence-corrected chi connectivity index (χ2v) is 8.81. The van der Waals surface area contributed by atoms with Crippen LogP contribution in [0.25, 0.3) is 11.3 Å². The van der Waals surface area contributed by atoms with E-state index in [0.717, 1.165) is 42.3 Å². The van der Waals surface area contributed by atoms with Crippen LogP contribution in [-0.2, 0) is 12.6 Å².